The second kappa shape index (κ2) is 41.8. The van der Waals surface area contributed by atoms with Crippen molar-refractivity contribution in [2.45, 2.75) is 217 Å². The number of nitrogens with zero attached hydrogens (tertiary/aromatic N) is 9. The van der Waals surface area contributed by atoms with Crippen LogP contribution in [0.25, 0.3) is 10.4 Å². The molecule has 0 aliphatic carbocycles. The Morgan fingerprint density at radius 1 is 0.632 bits per heavy atom. The van der Waals surface area contributed by atoms with Crippen molar-refractivity contribution in [3.05, 3.63) is 118 Å². The summed E-state index contributed by atoms with van der Waals surface area (Å²) in [6, 6.07) is 11.4. The molecule has 0 aromatic heterocycles. The molecule has 3 aromatic rings. The van der Waals surface area contributed by atoms with Gasteiger partial charge in [0.1, 0.15) is 78.4 Å². The van der Waals surface area contributed by atoms with Gasteiger partial charge in [0.25, 0.3) is 0 Å². The molecule has 2 aliphatic rings. The maximum absolute atomic E-state index is 14.9. The van der Waals surface area contributed by atoms with Gasteiger partial charge in [-0.2, -0.15) is 0 Å². The number of likely N-dealkylation sites (N-methyl/N-ethyl adjacent to an activating group) is 4. The number of carboxylic acids is 1. The van der Waals surface area contributed by atoms with Crippen LogP contribution in [0.5, 0.6) is 0 Å². The minimum Gasteiger partial charge on any atom is -0.480 e. The number of nitrogens with one attached hydrogen (secondary N) is 6. The Morgan fingerprint density at radius 3 is 1.67 bits per heavy atom. The molecule has 32 heteroatoms. The lowest BCUT2D eigenvalue weighted by Gasteiger charge is -2.37. The van der Waals surface area contributed by atoms with E-state index < -0.39 is 161 Å². The summed E-state index contributed by atoms with van der Waals surface area (Å²) in [4.78, 5) is 194. The Bertz CT molecular complexity index is 3590. The summed E-state index contributed by atoms with van der Waals surface area (Å²) in [5.41, 5.74) is 10.9. The fraction of sp³-hybridized carbons (Fsp3) is 0.581. The summed E-state index contributed by atoms with van der Waals surface area (Å²) in [6.07, 6.45) is 1.63. The third-order valence-electron chi connectivity index (χ3n) is 18.9. The molecule has 2 fully saturated rings. The topological polar surface area (TPSA) is 383 Å². The predicted octanol–water partition coefficient (Wildman–Crippen LogP) is 5.02. The van der Waals surface area contributed by atoms with E-state index in [0.29, 0.717) is 36.0 Å². The number of hydrogen-bond donors (Lipinski definition) is 7. The number of aliphatic carboxylic acids is 1. The lowest BCUT2D eigenvalue weighted by molar-refractivity contribution is -0.153. The minimum absolute atomic E-state index is 0.0285. The Kier molecular flexibility index (Phi) is 34.6. The maximum Gasteiger partial charge on any atom is 0.326 e. The Labute approximate surface area is 634 Å². The number of amides is 12. The number of hydrogen-bond acceptors (Lipinski definition) is 16. The molecule has 13 atom stereocenters. The summed E-state index contributed by atoms with van der Waals surface area (Å²) >= 11 is 5.82. The van der Waals surface area contributed by atoms with Gasteiger partial charge < -0.3 is 66.4 Å². The zero-order chi connectivity index (χ0) is 78.9. The van der Waals surface area contributed by atoms with E-state index in [4.69, 9.17) is 17.1 Å². The van der Waals surface area contributed by atoms with Crippen LogP contribution in [0.1, 0.15) is 131 Å². The van der Waals surface area contributed by atoms with Crippen molar-refractivity contribution < 1.29 is 67.4 Å². The van der Waals surface area contributed by atoms with E-state index in [9.17, 15) is 67.4 Å². The van der Waals surface area contributed by atoms with E-state index in [0.717, 1.165) is 4.90 Å². The summed E-state index contributed by atoms with van der Waals surface area (Å²) in [7, 11) is 8.43. The first kappa shape index (κ1) is 87.7. The van der Waals surface area contributed by atoms with Crippen LogP contribution in [-0.2, 0) is 81.6 Å². The lowest BCUT2D eigenvalue weighted by Crippen LogP contribution is -2.60. The van der Waals surface area contributed by atoms with Crippen LogP contribution in [0.4, 0.5) is 0 Å². The standard InChI is InChI=1S/C74H106ClN15O14S2/c1-44(2)37-56(82-64(94)53(33-24-25-35-77-84-76)80-65(95)54(79-61(91)42-75)39-50-27-18-15-19-28-50)69(99)86(12)48(6)67(97)87(13)59-38-45(3)90(72(59)102)49(7)68(98)88(14)60(41-52-31-22-17-23-32-52)71(101)85(11)47(5)63(93)78-46(4)62(92)81-55(40-51-29-20-16-21-30-51)66(96)83-57(43-105-106-74(8,9)10)70(100)89-36-26-34-58(89)73(103)104/h15-23,27-32,44-49,53-60H,24-26,33-43H2,1-14H3,(H,78,93)(H,79,91)(H,80,95)(H,81,92)(H,82,94)(H,83,96)(H,103,104)/t45?,46-,47-,48-,49-,53-,54-,55-,56-,57-,58-,59-,60-/m0/s1. The van der Waals surface area contributed by atoms with Gasteiger partial charge in [0.05, 0.1) is 0 Å². The van der Waals surface area contributed by atoms with Crippen molar-refractivity contribution in [3.8, 4) is 0 Å². The van der Waals surface area contributed by atoms with Crippen LogP contribution in [0.2, 0.25) is 0 Å². The van der Waals surface area contributed by atoms with Gasteiger partial charge in [-0.3, -0.25) is 57.5 Å². The molecule has 0 saturated carbocycles. The summed E-state index contributed by atoms with van der Waals surface area (Å²) < 4.78 is -0.225. The monoisotopic (exact) mass is 1530 g/mol. The minimum atomic E-state index is -1.30. The molecule has 1 unspecified atom stereocenters. The Balaban J connectivity index is 1.29. The quantitative estimate of drug-likeness (QED) is 0.00984. The van der Waals surface area contributed by atoms with Crippen molar-refractivity contribution in [3.63, 3.8) is 0 Å². The molecule has 106 heavy (non-hydrogen) atoms. The first-order valence-corrected chi connectivity index (χ1v) is 38.6. The number of carboxylic acid groups (broad SMARTS) is 1. The number of unbranched alkanes of at least 4 members (excludes halogenated alkanes) is 1. The Hall–Kier alpha value is -8.93. The van der Waals surface area contributed by atoms with Crippen LogP contribution in [0, 0.1) is 5.92 Å². The Morgan fingerprint density at radius 2 is 1.14 bits per heavy atom. The van der Waals surface area contributed by atoms with Gasteiger partial charge in [-0.1, -0.05) is 159 Å². The van der Waals surface area contributed by atoms with Gasteiger partial charge in [-0.15, -0.1) is 11.6 Å². The van der Waals surface area contributed by atoms with Gasteiger partial charge in [-0.25, -0.2) is 4.79 Å². The number of likely N-dealkylation sites (tertiary alicyclic amines) is 2. The summed E-state index contributed by atoms with van der Waals surface area (Å²) in [5, 5.41) is 29.9. The highest BCUT2D eigenvalue weighted by Crippen LogP contribution is 2.36. The number of benzene rings is 3. The number of carbonyl (C=O) groups excluding carboxylic acids is 12. The van der Waals surface area contributed by atoms with Crippen molar-refractivity contribution in [2.24, 2.45) is 11.0 Å². The smallest absolute Gasteiger partial charge is 0.326 e. The molecule has 0 bridgehead atoms. The normalized spacial score (nSPS) is 17.8. The molecule has 2 saturated heterocycles. The molecule has 2 aliphatic heterocycles. The van der Waals surface area contributed by atoms with Crippen LogP contribution in [0.3, 0.4) is 0 Å². The highest BCUT2D eigenvalue weighted by atomic mass is 35.5. The van der Waals surface area contributed by atoms with Gasteiger partial charge >= 0.3 is 5.97 Å². The van der Waals surface area contributed by atoms with E-state index in [1.165, 1.54) is 102 Å². The molecule has 12 amide bonds. The molecule has 0 radical (unpaired) electrons. The maximum atomic E-state index is 14.9. The average Bonchev–Trinajstić information content (AvgIpc) is 1.63. The number of alkyl halides is 1. The fourth-order valence-electron chi connectivity index (χ4n) is 12.6. The van der Waals surface area contributed by atoms with Crippen molar-refractivity contribution in [1.82, 2.24) is 61.3 Å². The molecule has 5 rings (SSSR count). The van der Waals surface area contributed by atoms with Crippen molar-refractivity contribution >= 4 is 110 Å². The number of rotatable bonds is 39. The second-order valence-electron chi connectivity index (χ2n) is 28.6. The molecule has 7 N–H and O–H groups in total. The molecule has 0 spiro atoms. The highest BCUT2D eigenvalue weighted by molar-refractivity contribution is 8.77. The number of carbonyl (C=O) groups is 13. The van der Waals surface area contributed by atoms with Crippen LogP contribution < -0.4 is 31.9 Å². The average molecular weight is 1530 g/mol. The fourth-order valence-corrected chi connectivity index (χ4v) is 15.1. The molecule has 2 heterocycles. The van der Waals surface area contributed by atoms with Gasteiger partial charge in [-0.05, 0) is 101 Å². The van der Waals surface area contributed by atoms with Crippen molar-refractivity contribution in [2.75, 3.05) is 52.9 Å². The van der Waals surface area contributed by atoms with E-state index in [1.807, 2.05) is 34.6 Å². The molecule has 29 nitrogen and oxygen atoms in total. The molecular formula is C74H106ClN15O14S2. The first-order valence-electron chi connectivity index (χ1n) is 35.7. The molecule has 3 aromatic carbocycles. The van der Waals surface area contributed by atoms with Gasteiger partial charge in [0, 0.05) is 82.0 Å². The first-order chi connectivity index (χ1) is 50.0. The van der Waals surface area contributed by atoms with E-state index >= 15 is 0 Å². The third-order valence-corrected chi connectivity index (χ3v) is 22.4. The zero-order valence-corrected chi connectivity index (χ0v) is 65.5. The predicted molar refractivity (Wildman–Crippen MR) is 406 cm³/mol. The van der Waals surface area contributed by atoms with Crippen LogP contribution in [-0.4, -0.2) is 248 Å². The molecule has 580 valence electrons. The largest absolute Gasteiger partial charge is 0.480 e. The number of halogens is 1. The SMILES string of the molecule is CC(C)C[C@H](NC(=O)[C@H](CCCCN=[N+]=[N-])NC(=O)[C@H](Cc1ccccc1)NC(=O)CCl)C(=O)N(C)[C@@H](C)C(=O)N(C)[C@H]1CC(C)N([C@@H](C)C(=O)N(C)[C@@H](Cc2ccccc2)C(=O)N(C)[C@@H](C)C(=O)N[C@@H](C)C(=O)N[C@@H](Cc2ccccc2)C(=O)N[C@@H](CSSC(C)(C)C)C(=O)N2CCC[C@H]2C(=O)O)C1=O. The van der Waals surface area contributed by atoms with Gasteiger partial charge in [0.2, 0.25) is 70.9 Å². The summed E-state index contributed by atoms with van der Waals surface area (Å²) in [5.74, 6) is -9.75. The van der Waals surface area contributed by atoms with Crippen LogP contribution >= 0.6 is 33.2 Å². The van der Waals surface area contributed by atoms with Gasteiger partial charge in [0.15, 0.2) is 0 Å². The van der Waals surface area contributed by atoms with E-state index in [2.05, 4.69) is 41.9 Å². The highest BCUT2D eigenvalue weighted by Gasteiger charge is 2.48. The molecular weight excluding hydrogens is 1420 g/mol. The van der Waals surface area contributed by atoms with Crippen molar-refractivity contribution in [1.29, 1.82) is 0 Å². The third kappa shape index (κ3) is 25.7. The van der Waals surface area contributed by atoms with E-state index in [-0.39, 0.29) is 74.5 Å². The lowest BCUT2D eigenvalue weighted by atomic mass is 10.00. The number of azide groups is 1. The van der Waals surface area contributed by atoms with Crippen LogP contribution in [0.15, 0.2) is 96.1 Å². The second-order valence-corrected chi connectivity index (χ2v) is 32.0. The summed E-state index contributed by atoms with van der Waals surface area (Å²) in [6.45, 7) is 17.5. The zero-order valence-electron chi connectivity index (χ0n) is 63.1. The van der Waals surface area contributed by atoms with E-state index in [1.54, 1.807) is 97.9 Å².